The van der Waals surface area contributed by atoms with Gasteiger partial charge in [0, 0.05) is 27.9 Å². The van der Waals surface area contributed by atoms with Crippen LogP contribution in [0.15, 0.2) is 54.6 Å². The summed E-state index contributed by atoms with van der Waals surface area (Å²) < 4.78 is -0.233. The Morgan fingerprint density at radius 3 is 1.76 bits per heavy atom. The molecule has 17 heavy (non-hydrogen) atoms. The predicted octanol–water partition coefficient (Wildman–Crippen LogP) is 3.77. The molecule has 3 rings (SSSR count). The van der Waals surface area contributed by atoms with E-state index in [0.29, 0.717) is 0 Å². The van der Waals surface area contributed by atoms with Crippen molar-refractivity contribution in [1.29, 1.82) is 0 Å². The zero-order chi connectivity index (χ0) is 11.0. The maximum Gasteiger partial charge on any atom is 0.188 e. The Hall–Kier alpha value is -0.490. The van der Waals surface area contributed by atoms with Gasteiger partial charge in [-0.05, 0) is 34.7 Å². The van der Waals surface area contributed by atoms with Crippen molar-refractivity contribution >= 4 is 34.0 Å². The first kappa shape index (κ1) is 13.0. The van der Waals surface area contributed by atoms with E-state index in [4.69, 9.17) is 0 Å². The van der Waals surface area contributed by atoms with Crippen LogP contribution in [0.4, 0.5) is 11.4 Å². The van der Waals surface area contributed by atoms with Crippen molar-refractivity contribution in [2.24, 2.45) is 0 Å². The van der Waals surface area contributed by atoms with Crippen LogP contribution < -0.4 is 10.6 Å². The largest absolute Gasteiger partial charge is 0.349 e. The summed E-state index contributed by atoms with van der Waals surface area (Å²) in [5.74, 6) is 0. The molecule has 2 N–H and O–H groups in total. The molecule has 2 nitrogen and oxygen atoms in total. The third kappa shape index (κ3) is 2.38. The van der Waals surface area contributed by atoms with E-state index in [1.54, 1.807) is 0 Å². The minimum absolute atomic E-state index is 0. The van der Waals surface area contributed by atoms with Crippen molar-refractivity contribution in [3.63, 3.8) is 0 Å². The minimum Gasteiger partial charge on any atom is -0.349 e. The SMILES string of the molecule is IC1(c2ccccc2)Nc2ccccc2N1.[Ag]. The van der Waals surface area contributed by atoms with E-state index >= 15 is 0 Å². The van der Waals surface area contributed by atoms with Crippen LogP contribution in [0.1, 0.15) is 5.56 Å². The van der Waals surface area contributed by atoms with Gasteiger partial charge in [0.05, 0.1) is 11.4 Å². The molecule has 0 bridgehead atoms. The number of para-hydroxylation sites is 2. The van der Waals surface area contributed by atoms with Crippen LogP contribution >= 0.6 is 22.6 Å². The molecule has 0 aromatic heterocycles. The average Bonchev–Trinajstić information content (AvgIpc) is 2.68. The molecule has 0 fully saturated rings. The molecule has 1 heterocycles. The molecule has 0 amide bonds. The van der Waals surface area contributed by atoms with Crippen molar-refractivity contribution in [2.75, 3.05) is 10.6 Å². The Labute approximate surface area is 130 Å². The Morgan fingerprint density at radius 2 is 1.24 bits per heavy atom. The van der Waals surface area contributed by atoms with Gasteiger partial charge in [0.15, 0.2) is 3.67 Å². The molecule has 0 atom stereocenters. The number of benzene rings is 2. The summed E-state index contributed by atoms with van der Waals surface area (Å²) in [6, 6.07) is 18.7. The van der Waals surface area contributed by atoms with E-state index in [2.05, 4.69) is 69.6 Å². The van der Waals surface area contributed by atoms with E-state index < -0.39 is 0 Å². The maximum absolute atomic E-state index is 3.50. The molecular formula is C13H11AgIN2. The van der Waals surface area contributed by atoms with E-state index in [1.165, 1.54) is 5.56 Å². The van der Waals surface area contributed by atoms with Crippen LogP contribution in [-0.2, 0) is 26.0 Å². The molecule has 0 unspecified atom stereocenters. The molecule has 1 radical (unpaired) electrons. The Kier molecular flexibility index (Phi) is 3.82. The first-order valence-electron chi connectivity index (χ1n) is 5.18. The Balaban J connectivity index is 0.00000108. The molecular weight excluding hydrogens is 419 g/mol. The first-order chi connectivity index (χ1) is 7.78. The van der Waals surface area contributed by atoms with Gasteiger partial charge in [-0.15, -0.1) is 0 Å². The smallest absolute Gasteiger partial charge is 0.188 e. The molecule has 1 aliphatic heterocycles. The van der Waals surface area contributed by atoms with Crippen molar-refractivity contribution in [3.05, 3.63) is 60.2 Å². The number of alkyl halides is 1. The number of rotatable bonds is 1. The van der Waals surface area contributed by atoms with Gasteiger partial charge in [-0.3, -0.25) is 0 Å². The Morgan fingerprint density at radius 1 is 0.765 bits per heavy atom. The molecule has 2 aromatic carbocycles. The molecule has 0 aliphatic carbocycles. The zero-order valence-corrected chi connectivity index (χ0v) is 12.5. The molecule has 2 aromatic rings. The quantitative estimate of drug-likeness (QED) is 0.312. The standard InChI is InChI=1S/C13H11IN2.Ag/c14-13(10-6-2-1-3-7-10)15-11-8-4-5-9-12(11)16-13;/h1-9,15-16H;. The second kappa shape index (κ2) is 5.02. The van der Waals surface area contributed by atoms with E-state index in [-0.39, 0.29) is 26.0 Å². The number of anilines is 2. The van der Waals surface area contributed by atoms with Gasteiger partial charge in [-0.2, -0.15) is 0 Å². The number of nitrogens with one attached hydrogen (secondary N) is 2. The van der Waals surface area contributed by atoms with Gasteiger partial charge in [-0.1, -0.05) is 42.5 Å². The summed E-state index contributed by atoms with van der Waals surface area (Å²) in [5, 5.41) is 7.01. The predicted molar refractivity (Wildman–Crippen MR) is 75.8 cm³/mol. The summed E-state index contributed by atoms with van der Waals surface area (Å²) in [5.41, 5.74) is 3.54. The first-order valence-corrected chi connectivity index (χ1v) is 6.26. The normalized spacial score (nSPS) is 15.1. The fourth-order valence-electron chi connectivity index (χ4n) is 1.92. The van der Waals surface area contributed by atoms with E-state index in [1.807, 2.05) is 18.2 Å². The van der Waals surface area contributed by atoms with Crippen LogP contribution in [-0.4, -0.2) is 0 Å². The van der Waals surface area contributed by atoms with Gasteiger partial charge < -0.3 is 10.6 Å². The third-order valence-electron chi connectivity index (χ3n) is 2.71. The summed E-state index contributed by atoms with van der Waals surface area (Å²) in [4.78, 5) is 0. The van der Waals surface area contributed by atoms with Crippen LogP contribution in [0.2, 0.25) is 0 Å². The number of fused-ring (bicyclic) bond motifs is 1. The van der Waals surface area contributed by atoms with Crippen LogP contribution in [0, 0.1) is 0 Å². The minimum atomic E-state index is -0.233. The maximum atomic E-state index is 3.50. The van der Waals surface area contributed by atoms with Crippen molar-refractivity contribution in [2.45, 2.75) is 3.67 Å². The van der Waals surface area contributed by atoms with Gasteiger partial charge in [-0.25, -0.2) is 0 Å². The molecule has 0 saturated carbocycles. The average molecular weight is 430 g/mol. The van der Waals surface area contributed by atoms with E-state index in [0.717, 1.165) is 11.4 Å². The molecule has 1 aliphatic rings. The third-order valence-corrected chi connectivity index (χ3v) is 3.87. The number of halogens is 1. The molecule has 4 heteroatoms. The molecule has 0 spiro atoms. The van der Waals surface area contributed by atoms with Crippen LogP contribution in [0.25, 0.3) is 0 Å². The van der Waals surface area contributed by atoms with Gasteiger partial charge in [0.25, 0.3) is 0 Å². The molecule has 91 valence electrons. The number of hydrogen-bond acceptors (Lipinski definition) is 2. The van der Waals surface area contributed by atoms with E-state index in [9.17, 15) is 0 Å². The van der Waals surface area contributed by atoms with Crippen molar-refractivity contribution in [3.8, 4) is 0 Å². The van der Waals surface area contributed by atoms with Crippen molar-refractivity contribution < 1.29 is 22.4 Å². The van der Waals surface area contributed by atoms with Crippen LogP contribution in [0.3, 0.4) is 0 Å². The summed E-state index contributed by atoms with van der Waals surface area (Å²) in [6.45, 7) is 0. The van der Waals surface area contributed by atoms with Crippen LogP contribution in [0.5, 0.6) is 0 Å². The number of hydrogen-bond donors (Lipinski definition) is 2. The second-order valence-corrected chi connectivity index (χ2v) is 5.44. The summed E-state index contributed by atoms with van der Waals surface area (Å²) in [6.07, 6.45) is 0. The second-order valence-electron chi connectivity index (χ2n) is 3.82. The fourth-order valence-corrected chi connectivity index (χ4v) is 2.86. The summed E-state index contributed by atoms with van der Waals surface area (Å²) in [7, 11) is 0. The van der Waals surface area contributed by atoms with Gasteiger partial charge in [0.2, 0.25) is 0 Å². The Bertz CT molecular complexity index is 491. The van der Waals surface area contributed by atoms with Gasteiger partial charge in [0.1, 0.15) is 0 Å². The topological polar surface area (TPSA) is 24.1 Å². The molecule has 0 saturated heterocycles. The zero-order valence-electron chi connectivity index (χ0n) is 8.88. The fraction of sp³-hybridized carbons (Fsp3) is 0.0769. The monoisotopic (exact) mass is 429 g/mol. The van der Waals surface area contributed by atoms with Gasteiger partial charge >= 0.3 is 0 Å². The summed E-state index contributed by atoms with van der Waals surface area (Å²) >= 11 is 2.40. The van der Waals surface area contributed by atoms with Crippen molar-refractivity contribution in [1.82, 2.24) is 0 Å².